The van der Waals surface area contributed by atoms with Gasteiger partial charge in [-0.1, -0.05) is 45.0 Å². The van der Waals surface area contributed by atoms with E-state index in [1.807, 2.05) is 0 Å². The van der Waals surface area contributed by atoms with Gasteiger partial charge in [-0.15, -0.1) is 0 Å². The van der Waals surface area contributed by atoms with E-state index in [-0.39, 0.29) is 0 Å². The van der Waals surface area contributed by atoms with Crippen LogP contribution in [0.3, 0.4) is 0 Å². The molecule has 1 saturated heterocycles. The summed E-state index contributed by atoms with van der Waals surface area (Å²) in [5, 5.41) is 3.46. The van der Waals surface area contributed by atoms with Crippen molar-refractivity contribution < 1.29 is 0 Å². The van der Waals surface area contributed by atoms with Gasteiger partial charge in [0.2, 0.25) is 0 Å². The molecule has 0 spiro atoms. The molecule has 1 aromatic carbocycles. The molecule has 0 aromatic heterocycles. The highest BCUT2D eigenvalue weighted by Gasteiger charge is 2.26. The predicted molar refractivity (Wildman–Crippen MR) is 86.7 cm³/mol. The Kier molecular flexibility index (Phi) is 6.06. The average molecular weight is 274 g/mol. The molecule has 2 nitrogen and oxygen atoms in total. The Morgan fingerprint density at radius 2 is 1.90 bits per heavy atom. The van der Waals surface area contributed by atoms with Crippen molar-refractivity contribution in [3.63, 3.8) is 0 Å². The topological polar surface area (TPSA) is 15.3 Å². The summed E-state index contributed by atoms with van der Waals surface area (Å²) in [6.45, 7) is 11.4. The Labute approximate surface area is 124 Å². The SMILES string of the molecule is CCCNCc1ccc(CN2CCCC2C(C)C)cc1. The van der Waals surface area contributed by atoms with Crippen molar-refractivity contribution >= 4 is 0 Å². The number of nitrogens with one attached hydrogen (secondary N) is 1. The van der Waals surface area contributed by atoms with Gasteiger partial charge in [0, 0.05) is 19.1 Å². The van der Waals surface area contributed by atoms with Gasteiger partial charge in [-0.25, -0.2) is 0 Å². The standard InChI is InChI=1S/C18H30N2/c1-4-11-19-13-16-7-9-17(10-8-16)14-20-12-5-6-18(20)15(2)3/h7-10,15,18-19H,4-6,11-14H2,1-3H3. The van der Waals surface area contributed by atoms with Crippen LogP contribution in [-0.4, -0.2) is 24.0 Å². The molecule has 1 N–H and O–H groups in total. The molecule has 2 rings (SSSR count). The number of hydrogen-bond acceptors (Lipinski definition) is 2. The van der Waals surface area contributed by atoms with Gasteiger partial charge in [0.1, 0.15) is 0 Å². The zero-order valence-corrected chi connectivity index (χ0v) is 13.4. The fraction of sp³-hybridized carbons (Fsp3) is 0.667. The first-order valence-electron chi connectivity index (χ1n) is 8.23. The van der Waals surface area contributed by atoms with E-state index in [1.165, 1.54) is 36.9 Å². The number of hydrogen-bond donors (Lipinski definition) is 1. The van der Waals surface area contributed by atoms with Gasteiger partial charge in [-0.05, 0) is 49.4 Å². The van der Waals surface area contributed by atoms with Crippen molar-refractivity contribution in [1.82, 2.24) is 10.2 Å². The van der Waals surface area contributed by atoms with Gasteiger partial charge in [-0.3, -0.25) is 4.90 Å². The summed E-state index contributed by atoms with van der Waals surface area (Å²) in [6, 6.07) is 9.94. The third kappa shape index (κ3) is 4.32. The van der Waals surface area contributed by atoms with Crippen LogP contribution >= 0.6 is 0 Å². The second kappa shape index (κ2) is 7.80. The molecular weight excluding hydrogens is 244 g/mol. The molecule has 1 aliphatic rings. The second-order valence-corrected chi connectivity index (χ2v) is 6.42. The van der Waals surface area contributed by atoms with Crippen LogP contribution in [0.4, 0.5) is 0 Å². The first-order chi connectivity index (χ1) is 9.70. The Morgan fingerprint density at radius 3 is 2.55 bits per heavy atom. The number of benzene rings is 1. The van der Waals surface area contributed by atoms with Crippen LogP contribution in [0, 0.1) is 5.92 Å². The van der Waals surface area contributed by atoms with E-state index in [0.29, 0.717) is 0 Å². The molecule has 1 aliphatic heterocycles. The summed E-state index contributed by atoms with van der Waals surface area (Å²) in [7, 11) is 0. The lowest BCUT2D eigenvalue weighted by molar-refractivity contribution is 0.199. The van der Waals surface area contributed by atoms with Crippen LogP contribution in [-0.2, 0) is 13.1 Å². The largest absolute Gasteiger partial charge is 0.313 e. The molecule has 1 unspecified atom stereocenters. The molecule has 1 fully saturated rings. The Bertz CT molecular complexity index is 383. The molecule has 2 heteroatoms. The lowest BCUT2D eigenvalue weighted by Crippen LogP contribution is -2.32. The predicted octanol–water partition coefficient (Wildman–Crippen LogP) is 3.81. The third-order valence-corrected chi connectivity index (χ3v) is 4.35. The summed E-state index contributed by atoms with van der Waals surface area (Å²) < 4.78 is 0. The highest BCUT2D eigenvalue weighted by molar-refractivity contribution is 5.22. The second-order valence-electron chi connectivity index (χ2n) is 6.42. The lowest BCUT2D eigenvalue weighted by Gasteiger charge is -2.27. The van der Waals surface area contributed by atoms with Gasteiger partial charge in [0.25, 0.3) is 0 Å². The van der Waals surface area contributed by atoms with Crippen LogP contribution < -0.4 is 5.32 Å². The van der Waals surface area contributed by atoms with Crippen molar-refractivity contribution in [2.24, 2.45) is 5.92 Å². The van der Waals surface area contributed by atoms with Crippen molar-refractivity contribution in [3.8, 4) is 0 Å². The molecule has 1 aromatic rings. The maximum atomic E-state index is 3.46. The Morgan fingerprint density at radius 1 is 1.20 bits per heavy atom. The first kappa shape index (κ1) is 15.5. The highest BCUT2D eigenvalue weighted by Crippen LogP contribution is 2.25. The average Bonchev–Trinajstić information content (AvgIpc) is 2.89. The Hall–Kier alpha value is -0.860. The molecule has 1 atom stereocenters. The molecule has 112 valence electrons. The van der Waals surface area contributed by atoms with Crippen LogP contribution in [0.25, 0.3) is 0 Å². The lowest BCUT2D eigenvalue weighted by atomic mass is 10.0. The zero-order chi connectivity index (χ0) is 14.4. The van der Waals surface area contributed by atoms with Crippen LogP contribution in [0.1, 0.15) is 51.2 Å². The molecule has 1 heterocycles. The smallest absolute Gasteiger partial charge is 0.0236 e. The molecule has 0 aliphatic carbocycles. The monoisotopic (exact) mass is 274 g/mol. The maximum Gasteiger partial charge on any atom is 0.0236 e. The minimum atomic E-state index is 0.773. The Balaban J connectivity index is 1.87. The zero-order valence-electron chi connectivity index (χ0n) is 13.4. The van der Waals surface area contributed by atoms with E-state index < -0.39 is 0 Å². The fourth-order valence-corrected chi connectivity index (χ4v) is 3.21. The van der Waals surface area contributed by atoms with E-state index >= 15 is 0 Å². The molecular formula is C18H30N2. The van der Waals surface area contributed by atoms with E-state index in [9.17, 15) is 0 Å². The van der Waals surface area contributed by atoms with Crippen LogP contribution in [0.2, 0.25) is 0 Å². The summed E-state index contributed by atoms with van der Waals surface area (Å²) in [6.07, 6.45) is 3.93. The van der Waals surface area contributed by atoms with E-state index in [0.717, 1.165) is 31.6 Å². The minimum Gasteiger partial charge on any atom is -0.313 e. The molecule has 0 amide bonds. The first-order valence-corrected chi connectivity index (χ1v) is 8.23. The van der Waals surface area contributed by atoms with Gasteiger partial charge in [0.15, 0.2) is 0 Å². The van der Waals surface area contributed by atoms with Crippen molar-refractivity contribution in [1.29, 1.82) is 0 Å². The summed E-state index contributed by atoms with van der Waals surface area (Å²) in [5.74, 6) is 0.773. The van der Waals surface area contributed by atoms with E-state index in [4.69, 9.17) is 0 Å². The highest BCUT2D eigenvalue weighted by atomic mass is 15.2. The quantitative estimate of drug-likeness (QED) is 0.761. The molecule has 0 saturated carbocycles. The van der Waals surface area contributed by atoms with E-state index in [1.54, 1.807) is 0 Å². The minimum absolute atomic E-state index is 0.773. The summed E-state index contributed by atoms with van der Waals surface area (Å²) >= 11 is 0. The summed E-state index contributed by atoms with van der Waals surface area (Å²) in [4.78, 5) is 2.66. The third-order valence-electron chi connectivity index (χ3n) is 4.35. The normalized spacial score (nSPS) is 19.9. The van der Waals surface area contributed by atoms with Crippen molar-refractivity contribution in [2.45, 2.75) is 59.2 Å². The van der Waals surface area contributed by atoms with E-state index in [2.05, 4.69) is 55.3 Å². The van der Waals surface area contributed by atoms with Gasteiger partial charge < -0.3 is 5.32 Å². The van der Waals surface area contributed by atoms with Crippen molar-refractivity contribution in [2.75, 3.05) is 13.1 Å². The van der Waals surface area contributed by atoms with Gasteiger partial charge >= 0.3 is 0 Å². The van der Waals surface area contributed by atoms with Crippen LogP contribution in [0.5, 0.6) is 0 Å². The van der Waals surface area contributed by atoms with Gasteiger partial charge in [0.05, 0.1) is 0 Å². The molecule has 0 radical (unpaired) electrons. The fourth-order valence-electron chi connectivity index (χ4n) is 3.21. The van der Waals surface area contributed by atoms with Crippen LogP contribution in [0.15, 0.2) is 24.3 Å². The molecule has 20 heavy (non-hydrogen) atoms. The summed E-state index contributed by atoms with van der Waals surface area (Å²) in [5.41, 5.74) is 2.85. The maximum absolute atomic E-state index is 3.46. The van der Waals surface area contributed by atoms with Gasteiger partial charge in [-0.2, -0.15) is 0 Å². The number of rotatable bonds is 7. The number of nitrogens with zero attached hydrogens (tertiary/aromatic N) is 1. The van der Waals surface area contributed by atoms with Crippen molar-refractivity contribution in [3.05, 3.63) is 35.4 Å². The number of likely N-dealkylation sites (tertiary alicyclic amines) is 1. The molecule has 0 bridgehead atoms.